The first-order chi connectivity index (χ1) is 6.08. The predicted molar refractivity (Wildman–Crippen MR) is 49.6 cm³/mol. The lowest BCUT2D eigenvalue weighted by Crippen LogP contribution is -2.45. The molecule has 0 aliphatic rings. The van der Waals surface area contributed by atoms with E-state index in [1.807, 2.05) is 5.32 Å². The van der Waals surface area contributed by atoms with Gasteiger partial charge in [0.15, 0.2) is 9.84 Å². The molecule has 0 spiro atoms. The predicted octanol–water partition coefficient (Wildman–Crippen LogP) is -0.990. The topological polar surface area (TPSA) is 101 Å². The number of nitrogens with one attached hydrogen (secondary N) is 1. The van der Waals surface area contributed by atoms with Crippen LogP contribution in [0.5, 0.6) is 0 Å². The lowest BCUT2D eigenvalue weighted by Gasteiger charge is -2.21. The number of carboxylic acids is 1. The van der Waals surface area contributed by atoms with Gasteiger partial charge in [-0.15, -0.1) is 0 Å². The zero-order chi connectivity index (χ0) is 11.6. The average molecular weight is 223 g/mol. The zero-order valence-corrected chi connectivity index (χ0v) is 9.01. The Kier molecular flexibility index (Phi) is 3.64. The smallest absolute Gasteiger partial charge is 0.394 e. The van der Waals surface area contributed by atoms with Crippen molar-refractivity contribution in [3.63, 3.8) is 0 Å². The van der Waals surface area contributed by atoms with Gasteiger partial charge < -0.3 is 10.4 Å². The van der Waals surface area contributed by atoms with Gasteiger partial charge in [-0.1, -0.05) is 0 Å². The molecule has 14 heavy (non-hydrogen) atoms. The highest BCUT2D eigenvalue weighted by Crippen LogP contribution is 2.12. The summed E-state index contributed by atoms with van der Waals surface area (Å²) in [6, 6.07) is 0. The first-order valence-corrected chi connectivity index (χ1v) is 5.68. The van der Waals surface area contributed by atoms with Crippen molar-refractivity contribution in [2.24, 2.45) is 0 Å². The maximum Gasteiger partial charge on any atom is 0.394 e. The second kappa shape index (κ2) is 3.95. The highest BCUT2D eigenvalue weighted by molar-refractivity contribution is 7.92. The minimum absolute atomic E-state index is 0.225. The molecule has 0 aromatic carbocycles. The average Bonchev–Trinajstić information content (AvgIpc) is 1.97. The standard InChI is InChI=1S/C7H13NO5S/c1-7(2,14(3,12)13)4-8-5(9)6(10)11/h4H2,1-3H3,(H,8,9)(H,10,11). The van der Waals surface area contributed by atoms with Crippen LogP contribution >= 0.6 is 0 Å². The molecule has 7 heteroatoms. The maximum absolute atomic E-state index is 11.1. The second-order valence-electron chi connectivity index (χ2n) is 3.52. The van der Waals surface area contributed by atoms with Gasteiger partial charge in [0.2, 0.25) is 0 Å². The SMILES string of the molecule is CC(C)(CNC(=O)C(=O)O)S(C)(=O)=O. The first kappa shape index (κ1) is 12.9. The maximum atomic E-state index is 11.1. The van der Waals surface area contributed by atoms with E-state index in [1.54, 1.807) is 0 Å². The third-order valence-corrected chi connectivity index (χ3v) is 4.02. The molecule has 0 saturated heterocycles. The van der Waals surface area contributed by atoms with Crippen molar-refractivity contribution in [3.8, 4) is 0 Å². The summed E-state index contributed by atoms with van der Waals surface area (Å²) in [5.74, 6) is -2.84. The van der Waals surface area contributed by atoms with Crippen LogP contribution in [0.2, 0.25) is 0 Å². The van der Waals surface area contributed by atoms with E-state index in [9.17, 15) is 18.0 Å². The summed E-state index contributed by atoms with van der Waals surface area (Å²) in [6.45, 7) is 2.59. The molecule has 0 fully saturated rings. The lowest BCUT2D eigenvalue weighted by molar-refractivity contribution is -0.150. The summed E-state index contributed by atoms with van der Waals surface area (Å²) in [5, 5.41) is 10.2. The van der Waals surface area contributed by atoms with Gasteiger partial charge in [0, 0.05) is 12.8 Å². The zero-order valence-electron chi connectivity index (χ0n) is 8.20. The third kappa shape index (κ3) is 3.33. The minimum atomic E-state index is -3.33. The summed E-state index contributed by atoms with van der Waals surface area (Å²) in [4.78, 5) is 20.7. The molecule has 1 amide bonds. The second-order valence-corrected chi connectivity index (χ2v) is 6.17. The summed E-state index contributed by atoms with van der Waals surface area (Å²) >= 11 is 0. The molecule has 6 nitrogen and oxygen atoms in total. The highest BCUT2D eigenvalue weighted by atomic mass is 32.2. The Labute approximate surface area is 82.2 Å². The van der Waals surface area contributed by atoms with Crippen LogP contribution in [0, 0.1) is 0 Å². The van der Waals surface area contributed by atoms with Crippen LogP contribution < -0.4 is 5.32 Å². The molecule has 2 N–H and O–H groups in total. The largest absolute Gasteiger partial charge is 0.474 e. The fourth-order valence-corrected chi connectivity index (χ4v) is 0.834. The van der Waals surface area contributed by atoms with E-state index in [2.05, 4.69) is 0 Å². The Balaban J connectivity index is 4.42. The quantitative estimate of drug-likeness (QED) is 0.598. The molecule has 0 radical (unpaired) electrons. The monoisotopic (exact) mass is 223 g/mol. The molecule has 0 aromatic heterocycles. The van der Waals surface area contributed by atoms with E-state index in [0.717, 1.165) is 6.26 Å². The normalized spacial score (nSPS) is 12.2. The van der Waals surface area contributed by atoms with Crippen molar-refractivity contribution >= 4 is 21.7 Å². The van der Waals surface area contributed by atoms with E-state index in [0.29, 0.717) is 0 Å². The van der Waals surface area contributed by atoms with Crippen molar-refractivity contribution in [2.45, 2.75) is 18.6 Å². The third-order valence-electron chi connectivity index (χ3n) is 1.87. The summed E-state index contributed by atoms with van der Waals surface area (Å²) in [5.41, 5.74) is 0. The van der Waals surface area contributed by atoms with Crippen molar-refractivity contribution < 1.29 is 23.1 Å². The summed E-state index contributed by atoms with van der Waals surface area (Å²) in [6.07, 6.45) is 1.03. The highest BCUT2D eigenvalue weighted by Gasteiger charge is 2.31. The van der Waals surface area contributed by atoms with Crippen LogP contribution in [0.15, 0.2) is 0 Å². The van der Waals surface area contributed by atoms with E-state index in [4.69, 9.17) is 5.11 Å². The Morgan fingerprint density at radius 2 is 1.79 bits per heavy atom. The van der Waals surface area contributed by atoms with Crippen LogP contribution in [0.3, 0.4) is 0 Å². The van der Waals surface area contributed by atoms with Crippen LogP contribution in [0.25, 0.3) is 0 Å². The Morgan fingerprint density at radius 1 is 1.36 bits per heavy atom. The van der Waals surface area contributed by atoms with Gasteiger partial charge >= 0.3 is 11.9 Å². The van der Waals surface area contributed by atoms with Crippen LogP contribution in [0.4, 0.5) is 0 Å². The molecule has 0 heterocycles. The van der Waals surface area contributed by atoms with Crippen molar-refractivity contribution in [1.82, 2.24) is 5.32 Å². The van der Waals surface area contributed by atoms with Crippen LogP contribution in [-0.2, 0) is 19.4 Å². The van der Waals surface area contributed by atoms with E-state index >= 15 is 0 Å². The van der Waals surface area contributed by atoms with Crippen LogP contribution in [-0.4, -0.2) is 42.9 Å². The van der Waals surface area contributed by atoms with E-state index in [1.165, 1.54) is 13.8 Å². The van der Waals surface area contributed by atoms with Gasteiger partial charge in [0.05, 0.1) is 4.75 Å². The molecule has 82 valence electrons. The number of sulfone groups is 1. The van der Waals surface area contributed by atoms with E-state index in [-0.39, 0.29) is 6.54 Å². The Hall–Kier alpha value is -1.11. The number of carboxylic acid groups (broad SMARTS) is 1. The number of aliphatic carboxylic acids is 1. The molecule has 0 aliphatic heterocycles. The molecule has 0 bridgehead atoms. The molecule has 0 unspecified atom stereocenters. The number of rotatable bonds is 3. The molecule has 0 rings (SSSR count). The number of hydrogen-bond donors (Lipinski definition) is 2. The fourth-order valence-electron chi connectivity index (χ4n) is 0.500. The summed E-state index contributed by atoms with van der Waals surface area (Å²) < 4.78 is 21.1. The minimum Gasteiger partial charge on any atom is -0.474 e. The van der Waals surface area contributed by atoms with Crippen molar-refractivity contribution in [2.75, 3.05) is 12.8 Å². The number of carbonyl (C=O) groups is 2. The molecule has 0 aromatic rings. The molecular weight excluding hydrogens is 210 g/mol. The molecule has 0 aliphatic carbocycles. The Bertz CT molecular complexity index is 343. The van der Waals surface area contributed by atoms with Crippen molar-refractivity contribution in [3.05, 3.63) is 0 Å². The summed E-state index contributed by atoms with van der Waals surface area (Å²) in [7, 11) is -3.33. The number of amides is 1. The number of hydrogen-bond acceptors (Lipinski definition) is 4. The molecule has 0 atom stereocenters. The van der Waals surface area contributed by atoms with Gasteiger partial charge in [0.1, 0.15) is 0 Å². The molecule has 0 saturated carbocycles. The number of carbonyl (C=O) groups excluding carboxylic acids is 1. The van der Waals surface area contributed by atoms with Gasteiger partial charge in [-0.25, -0.2) is 13.2 Å². The van der Waals surface area contributed by atoms with E-state index < -0.39 is 26.5 Å². The first-order valence-electron chi connectivity index (χ1n) is 3.78. The lowest BCUT2D eigenvalue weighted by atomic mass is 10.2. The van der Waals surface area contributed by atoms with Crippen molar-refractivity contribution in [1.29, 1.82) is 0 Å². The van der Waals surface area contributed by atoms with Gasteiger partial charge in [-0.05, 0) is 13.8 Å². The van der Waals surface area contributed by atoms with Gasteiger partial charge in [-0.2, -0.15) is 0 Å². The molecular formula is C7H13NO5S. The van der Waals surface area contributed by atoms with Gasteiger partial charge in [-0.3, -0.25) is 4.79 Å². The fraction of sp³-hybridized carbons (Fsp3) is 0.714. The Morgan fingerprint density at radius 3 is 2.07 bits per heavy atom. The van der Waals surface area contributed by atoms with Gasteiger partial charge in [0.25, 0.3) is 0 Å². The van der Waals surface area contributed by atoms with Crippen LogP contribution in [0.1, 0.15) is 13.8 Å².